The van der Waals surface area contributed by atoms with E-state index in [1.54, 1.807) is 12.4 Å². The molecule has 21 heavy (non-hydrogen) atoms. The maximum absolute atomic E-state index is 8.67. The van der Waals surface area contributed by atoms with Gasteiger partial charge in [0.15, 0.2) is 5.84 Å². The van der Waals surface area contributed by atoms with Crippen LogP contribution in [0.15, 0.2) is 17.5 Å². The van der Waals surface area contributed by atoms with Gasteiger partial charge in [-0.15, -0.1) is 0 Å². The maximum atomic E-state index is 8.67. The standard InChI is InChI=1S/C15H25N5O/c1-11(2)7-8-20(12-5-3-4-6-12)14-10-17-13(9-18-14)15(16)19-21/h9-12,21H,3-8H2,1-2H3,(H2,16,19). The SMILES string of the molecule is CC(C)CCN(c1cnc(C(N)=NO)cn1)C1CCCC1. The number of nitrogens with two attached hydrogens (primary N) is 1. The second-order valence-electron chi connectivity index (χ2n) is 6.06. The van der Waals surface area contributed by atoms with Crippen LogP contribution in [0.2, 0.25) is 0 Å². The zero-order chi connectivity index (χ0) is 15.2. The smallest absolute Gasteiger partial charge is 0.190 e. The molecule has 1 aromatic heterocycles. The molecule has 2 rings (SSSR count). The molecule has 0 bridgehead atoms. The highest BCUT2D eigenvalue weighted by atomic mass is 16.4. The zero-order valence-corrected chi connectivity index (χ0v) is 12.9. The summed E-state index contributed by atoms with van der Waals surface area (Å²) in [6.07, 6.45) is 9.47. The van der Waals surface area contributed by atoms with Crippen LogP contribution >= 0.6 is 0 Å². The van der Waals surface area contributed by atoms with Crippen molar-refractivity contribution >= 4 is 11.7 Å². The lowest BCUT2D eigenvalue weighted by Crippen LogP contribution is -2.35. The van der Waals surface area contributed by atoms with Crippen LogP contribution in [0, 0.1) is 5.92 Å². The number of hydrogen-bond donors (Lipinski definition) is 2. The van der Waals surface area contributed by atoms with Gasteiger partial charge in [0.2, 0.25) is 0 Å². The Morgan fingerprint density at radius 3 is 2.62 bits per heavy atom. The van der Waals surface area contributed by atoms with Crippen molar-refractivity contribution in [3.05, 3.63) is 18.1 Å². The van der Waals surface area contributed by atoms with Crippen LogP contribution in [0.5, 0.6) is 0 Å². The first-order valence-electron chi connectivity index (χ1n) is 7.68. The first-order chi connectivity index (χ1) is 10.1. The highest BCUT2D eigenvalue weighted by molar-refractivity contribution is 5.94. The molecule has 0 aliphatic heterocycles. The first kappa shape index (κ1) is 15.5. The Balaban J connectivity index is 2.15. The average Bonchev–Trinajstić information content (AvgIpc) is 3.01. The summed E-state index contributed by atoms with van der Waals surface area (Å²) in [5.41, 5.74) is 5.92. The van der Waals surface area contributed by atoms with Gasteiger partial charge in [-0.25, -0.2) is 9.97 Å². The van der Waals surface area contributed by atoms with Crippen molar-refractivity contribution in [3.63, 3.8) is 0 Å². The molecule has 1 saturated carbocycles. The fourth-order valence-corrected chi connectivity index (χ4v) is 2.75. The summed E-state index contributed by atoms with van der Waals surface area (Å²) in [4.78, 5) is 11.1. The van der Waals surface area contributed by atoms with Gasteiger partial charge in [0.05, 0.1) is 12.4 Å². The van der Waals surface area contributed by atoms with Gasteiger partial charge in [0.25, 0.3) is 0 Å². The van der Waals surface area contributed by atoms with Gasteiger partial charge < -0.3 is 15.8 Å². The molecule has 116 valence electrons. The number of nitrogens with zero attached hydrogens (tertiary/aromatic N) is 4. The molecule has 1 fully saturated rings. The van der Waals surface area contributed by atoms with Crippen molar-refractivity contribution in [2.45, 2.75) is 52.0 Å². The number of aromatic nitrogens is 2. The third kappa shape index (κ3) is 4.06. The van der Waals surface area contributed by atoms with E-state index in [0.29, 0.717) is 17.7 Å². The van der Waals surface area contributed by atoms with Crippen LogP contribution in [0.4, 0.5) is 5.82 Å². The van der Waals surface area contributed by atoms with Crippen LogP contribution in [-0.2, 0) is 0 Å². The minimum atomic E-state index is -0.0105. The third-order valence-electron chi connectivity index (χ3n) is 4.02. The lowest BCUT2D eigenvalue weighted by Gasteiger charge is -2.30. The highest BCUT2D eigenvalue weighted by Gasteiger charge is 2.24. The van der Waals surface area contributed by atoms with Gasteiger partial charge in [-0.05, 0) is 25.2 Å². The Morgan fingerprint density at radius 1 is 1.38 bits per heavy atom. The second-order valence-corrected chi connectivity index (χ2v) is 6.06. The highest BCUT2D eigenvalue weighted by Crippen LogP contribution is 2.27. The maximum Gasteiger partial charge on any atom is 0.190 e. The van der Waals surface area contributed by atoms with Gasteiger partial charge in [-0.2, -0.15) is 0 Å². The molecule has 6 heteroatoms. The molecule has 0 unspecified atom stereocenters. The van der Waals surface area contributed by atoms with Crippen molar-refractivity contribution < 1.29 is 5.21 Å². The molecule has 0 amide bonds. The minimum absolute atomic E-state index is 0.0105. The molecular formula is C15H25N5O. The molecule has 0 saturated heterocycles. The molecule has 3 N–H and O–H groups in total. The summed E-state index contributed by atoms with van der Waals surface area (Å²) >= 11 is 0. The predicted octanol–water partition coefficient (Wildman–Crippen LogP) is 2.37. The van der Waals surface area contributed by atoms with Crippen molar-refractivity contribution in [1.29, 1.82) is 0 Å². The van der Waals surface area contributed by atoms with E-state index < -0.39 is 0 Å². The van der Waals surface area contributed by atoms with E-state index in [2.05, 4.69) is 33.9 Å². The Hall–Kier alpha value is -1.85. The molecule has 0 atom stereocenters. The number of anilines is 1. The van der Waals surface area contributed by atoms with Crippen LogP contribution in [0.25, 0.3) is 0 Å². The summed E-state index contributed by atoms with van der Waals surface area (Å²) in [5, 5.41) is 11.6. The lowest BCUT2D eigenvalue weighted by atomic mass is 10.1. The van der Waals surface area contributed by atoms with Crippen molar-refractivity contribution in [2.75, 3.05) is 11.4 Å². The number of hydrogen-bond acceptors (Lipinski definition) is 5. The van der Waals surface area contributed by atoms with Gasteiger partial charge in [-0.1, -0.05) is 31.8 Å². The van der Waals surface area contributed by atoms with E-state index in [0.717, 1.165) is 18.8 Å². The third-order valence-corrected chi connectivity index (χ3v) is 4.02. The van der Waals surface area contributed by atoms with Crippen molar-refractivity contribution in [2.24, 2.45) is 16.8 Å². The first-order valence-corrected chi connectivity index (χ1v) is 7.68. The van der Waals surface area contributed by atoms with E-state index in [1.165, 1.54) is 25.7 Å². The Kier molecular flexibility index (Phi) is 5.36. The molecule has 6 nitrogen and oxygen atoms in total. The topological polar surface area (TPSA) is 87.6 Å². The number of rotatable bonds is 6. The Labute approximate surface area is 126 Å². The Morgan fingerprint density at radius 2 is 2.10 bits per heavy atom. The lowest BCUT2D eigenvalue weighted by molar-refractivity contribution is 0.318. The molecule has 0 aromatic carbocycles. The van der Waals surface area contributed by atoms with Crippen LogP contribution in [-0.4, -0.2) is 33.6 Å². The van der Waals surface area contributed by atoms with Crippen LogP contribution < -0.4 is 10.6 Å². The fourth-order valence-electron chi connectivity index (χ4n) is 2.75. The van der Waals surface area contributed by atoms with Crippen molar-refractivity contribution in [1.82, 2.24) is 9.97 Å². The zero-order valence-electron chi connectivity index (χ0n) is 12.9. The molecule has 1 aliphatic rings. The molecule has 1 aromatic rings. The molecule has 0 spiro atoms. The molecule has 1 heterocycles. The van der Waals surface area contributed by atoms with Gasteiger partial charge >= 0.3 is 0 Å². The van der Waals surface area contributed by atoms with E-state index >= 15 is 0 Å². The van der Waals surface area contributed by atoms with Gasteiger partial charge in [0.1, 0.15) is 11.5 Å². The predicted molar refractivity (Wildman–Crippen MR) is 83.6 cm³/mol. The normalized spacial score (nSPS) is 16.6. The van der Waals surface area contributed by atoms with E-state index in [-0.39, 0.29) is 5.84 Å². The van der Waals surface area contributed by atoms with Crippen LogP contribution in [0.3, 0.4) is 0 Å². The van der Waals surface area contributed by atoms with E-state index in [1.807, 2.05) is 0 Å². The number of amidine groups is 1. The molecule has 1 aliphatic carbocycles. The summed E-state index contributed by atoms with van der Waals surface area (Å²) in [5.74, 6) is 1.54. The monoisotopic (exact) mass is 291 g/mol. The fraction of sp³-hybridized carbons (Fsp3) is 0.667. The van der Waals surface area contributed by atoms with Crippen LogP contribution in [0.1, 0.15) is 51.6 Å². The van der Waals surface area contributed by atoms with Gasteiger partial charge in [0, 0.05) is 12.6 Å². The molecular weight excluding hydrogens is 266 g/mol. The quantitative estimate of drug-likeness (QED) is 0.363. The van der Waals surface area contributed by atoms with E-state index in [4.69, 9.17) is 10.9 Å². The van der Waals surface area contributed by atoms with Gasteiger partial charge in [-0.3, -0.25) is 0 Å². The van der Waals surface area contributed by atoms with E-state index in [9.17, 15) is 0 Å². The summed E-state index contributed by atoms with van der Waals surface area (Å²) in [6, 6.07) is 0.563. The second kappa shape index (κ2) is 7.24. The average molecular weight is 291 g/mol. The minimum Gasteiger partial charge on any atom is -0.409 e. The largest absolute Gasteiger partial charge is 0.409 e. The van der Waals surface area contributed by atoms with Crippen molar-refractivity contribution in [3.8, 4) is 0 Å². The Bertz CT molecular complexity index is 465. The summed E-state index contributed by atoms with van der Waals surface area (Å²) < 4.78 is 0. The molecule has 0 radical (unpaired) electrons. The summed E-state index contributed by atoms with van der Waals surface area (Å²) in [7, 11) is 0. The number of oxime groups is 1. The summed E-state index contributed by atoms with van der Waals surface area (Å²) in [6.45, 7) is 5.47.